The van der Waals surface area contributed by atoms with Gasteiger partial charge in [0.2, 0.25) is 0 Å². The van der Waals surface area contributed by atoms with Crippen molar-refractivity contribution in [3.8, 4) is 28.4 Å². The monoisotopic (exact) mass is 244 g/mol. The fraction of sp³-hybridized carbons (Fsp3) is 0.200. The Morgan fingerprint density at radius 1 is 0.556 bits per heavy atom. The molecule has 94 valence electrons. The van der Waals surface area contributed by atoms with Crippen LogP contribution < -0.4 is 0 Å². The van der Waals surface area contributed by atoms with E-state index in [0.717, 1.165) is 22.8 Å². The molecule has 0 aliphatic heterocycles. The van der Waals surface area contributed by atoms with Crippen molar-refractivity contribution in [1.29, 1.82) is 0 Å². The summed E-state index contributed by atoms with van der Waals surface area (Å²) in [6, 6.07) is 6.53. The average molecular weight is 244 g/mol. The summed E-state index contributed by atoms with van der Waals surface area (Å²) in [5.41, 5.74) is 4.68. The highest BCUT2D eigenvalue weighted by molar-refractivity contribution is 5.76. The normalized spacial score (nSPS) is 10.6. The molecule has 2 aromatic carbocycles. The molecule has 3 N–H and O–H groups in total. The van der Waals surface area contributed by atoms with Crippen LogP contribution >= 0.6 is 0 Å². The molecule has 18 heavy (non-hydrogen) atoms. The highest BCUT2D eigenvalue weighted by Crippen LogP contribution is 2.39. The Morgan fingerprint density at radius 3 is 1.78 bits per heavy atom. The molecular weight excluding hydrogens is 228 g/mol. The van der Waals surface area contributed by atoms with E-state index in [4.69, 9.17) is 0 Å². The summed E-state index contributed by atoms with van der Waals surface area (Å²) in [5.74, 6) is -0.602. The highest BCUT2D eigenvalue weighted by atomic mass is 16.3. The van der Waals surface area contributed by atoms with Gasteiger partial charge in [-0.3, -0.25) is 0 Å². The van der Waals surface area contributed by atoms with Crippen LogP contribution in [0.25, 0.3) is 11.1 Å². The van der Waals surface area contributed by atoms with Gasteiger partial charge in [0.25, 0.3) is 0 Å². The first kappa shape index (κ1) is 12.3. The number of aromatic hydroxyl groups is 3. The number of hydrogen-bond acceptors (Lipinski definition) is 3. The van der Waals surface area contributed by atoms with Crippen molar-refractivity contribution in [3.63, 3.8) is 0 Å². The van der Waals surface area contributed by atoms with Crippen LogP contribution in [0.2, 0.25) is 0 Å². The molecule has 3 heteroatoms. The molecule has 0 heterocycles. The number of phenols is 3. The van der Waals surface area contributed by atoms with Gasteiger partial charge in [0.05, 0.1) is 0 Å². The lowest BCUT2D eigenvalue weighted by Gasteiger charge is -2.12. The highest BCUT2D eigenvalue weighted by Gasteiger charge is 2.12. The van der Waals surface area contributed by atoms with Gasteiger partial charge in [-0.1, -0.05) is 12.1 Å². The maximum atomic E-state index is 9.88. The smallest absolute Gasteiger partial charge is 0.161 e. The molecule has 0 saturated carbocycles. The van der Waals surface area contributed by atoms with E-state index in [0.29, 0.717) is 5.56 Å². The lowest BCUT2D eigenvalue weighted by atomic mass is 9.95. The summed E-state index contributed by atoms with van der Waals surface area (Å²) in [6.07, 6.45) is 0. The van der Waals surface area contributed by atoms with Gasteiger partial charge in [-0.2, -0.15) is 0 Å². The zero-order valence-electron chi connectivity index (χ0n) is 10.7. The summed E-state index contributed by atoms with van der Waals surface area (Å²) in [6.45, 7) is 5.97. The zero-order chi connectivity index (χ0) is 13.4. The summed E-state index contributed by atoms with van der Waals surface area (Å²) in [4.78, 5) is 0. The molecule has 0 aromatic heterocycles. The maximum Gasteiger partial charge on any atom is 0.161 e. The third-order valence-electron chi connectivity index (χ3n) is 3.22. The lowest BCUT2D eigenvalue weighted by molar-refractivity contribution is 0.397. The first-order valence-electron chi connectivity index (χ1n) is 5.73. The fourth-order valence-corrected chi connectivity index (χ4v) is 2.03. The molecular formula is C15H16O3. The van der Waals surface area contributed by atoms with E-state index in [1.807, 2.05) is 32.9 Å². The third kappa shape index (κ3) is 1.99. The van der Waals surface area contributed by atoms with Gasteiger partial charge in [-0.05, 0) is 49.1 Å². The van der Waals surface area contributed by atoms with Crippen molar-refractivity contribution in [3.05, 3.63) is 41.0 Å². The maximum absolute atomic E-state index is 9.88. The minimum absolute atomic E-state index is 0.0448. The van der Waals surface area contributed by atoms with Crippen LogP contribution in [0.15, 0.2) is 24.3 Å². The Hall–Kier alpha value is -2.16. The first-order chi connectivity index (χ1) is 8.40. The topological polar surface area (TPSA) is 60.7 Å². The van der Waals surface area contributed by atoms with Gasteiger partial charge in [-0.15, -0.1) is 0 Å². The summed E-state index contributed by atoms with van der Waals surface area (Å²) < 4.78 is 0. The fourth-order valence-electron chi connectivity index (χ4n) is 2.03. The summed E-state index contributed by atoms with van der Waals surface area (Å²) >= 11 is 0. The average Bonchev–Trinajstić information content (AvgIpc) is 2.29. The van der Waals surface area contributed by atoms with Gasteiger partial charge < -0.3 is 15.3 Å². The molecule has 0 amide bonds. The number of rotatable bonds is 1. The van der Waals surface area contributed by atoms with E-state index < -0.39 is 0 Å². The van der Waals surface area contributed by atoms with Gasteiger partial charge in [-0.25, -0.2) is 0 Å². The largest absolute Gasteiger partial charge is 0.507 e. The third-order valence-corrected chi connectivity index (χ3v) is 3.22. The quantitative estimate of drug-likeness (QED) is 0.532. The summed E-state index contributed by atoms with van der Waals surface area (Å²) in [5, 5.41) is 28.8. The number of phenolic OH excluding ortho intramolecular Hbond substituents is 3. The minimum Gasteiger partial charge on any atom is -0.507 e. The Labute approximate surface area is 106 Å². The van der Waals surface area contributed by atoms with E-state index in [1.54, 1.807) is 0 Å². The van der Waals surface area contributed by atoms with E-state index in [2.05, 4.69) is 0 Å². The van der Waals surface area contributed by atoms with Gasteiger partial charge >= 0.3 is 0 Å². The van der Waals surface area contributed by atoms with Crippen molar-refractivity contribution >= 4 is 0 Å². The predicted molar refractivity (Wildman–Crippen MR) is 71.1 cm³/mol. The van der Waals surface area contributed by atoms with Crippen LogP contribution in [0.1, 0.15) is 16.7 Å². The second-order valence-electron chi connectivity index (χ2n) is 4.61. The molecule has 0 fully saturated rings. The molecule has 0 atom stereocenters. The summed E-state index contributed by atoms with van der Waals surface area (Å²) in [7, 11) is 0. The van der Waals surface area contributed by atoms with Gasteiger partial charge in [0.1, 0.15) is 5.75 Å². The molecule has 0 radical (unpaired) electrons. The van der Waals surface area contributed by atoms with E-state index in [1.165, 1.54) is 11.6 Å². The molecule has 2 rings (SSSR count). The van der Waals surface area contributed by atoms with Crippen LogP contribution in [-0.4, -0.2) is 15.3 Å². The molecule has 0 saturated heterocycles. The number of hydrogen-bond donors (Lipinski definition) is 3. The molecule has 2 aromatic rings. The van der Waals surface area contributed by atoms with Crippen LogP contribution in [-0.2, 0) is 0 Å². The molecule has 0 unspecified atom stereocenters. The molecule has 3 nitrogen and oxygen atoms in total. The minimum atomic E-state index is -0.322. The van der Waals surface area contributed by atoms with Crippen molar-refractivity contribution in [2.45, 2.75) is 20.8 Å². The second kappa shape index (κ2) is 4.26. The van der Waals surface area contributed by atoms with E-state index >= 15 is 0 Å². The van der Waals surface area contributed by atoms with Crippen molar-refractivity contribution in [1.82, 2.24) is 0 Å². The Kier molecular flexibility index (Phi) is 2.91. The van der Waals surface area contributed by atoms with Crippen LogP contribution in [0.5, 0.6) is 17.2 Å². The number of benzene rings is 2. The Morgan fingerprint density at radius 2 is 1.11 bits per heavy atom. The molecule has 0 aliphatic carbocycles. The molecule has 0 spiro atoms. The van der Waals surface area contributed by atoms with Crippen LogP contribution in [0.3, 0.4) is 0 Å². The number of aryl methyl sites for hydroxylation is 3. The van der Waals surface area contributed by atoms with Crippen molar-refractivity contribution < 1.29 is 15.3 Å². The van der Waals surface area contributed by atoms with Gasteiger partial charge in [0.15, 0.2) is 11.5 Å². The van der Waals surface area contributed by atoms with Crippen molar-refractivity contribution in [2.75, 3.05) is 0 Å². The molecule has 0 aliphatic rings. The predicted octanol–water partition coefficient (Wildman–Crippen LogP) is 3.40. The first-order valence-corrected chi connectivity index (χ1v) is 5.73. The Bertz CT molecular complexity index is 560. The standard InChI is InChI=1S/C15H16O3/c1-8-4-10(3)11(5-9(8)2)12-6-14(17)15(18)7-13(12)16/h4-7,16-18H,1-3H3. The zero-order valence-corrected chi connectivity index (χ0v) is 10.7. The van der Waals surface area contributed by atoms with Crippen LogP contribution in [0.4, 0.5) is 0 Å². The van der Waals surface area contributed by atoms with Gasteiger partial charge in [0, 0.05) is 11.6 Å². The lowest BCUT2D eigenvalue weighted by Crippen LogP contribution is -1.89. The van der Waals surface area contributed by atoms with Crippen LogP contribution in [0, 0.1) is 20.8 Å². The SMILES string of the molecule is Cc1cc(C)c(-c2cc(O)c(O)cc2O)cc1C. The van der Waals surface area contributed by atoms with E-state index in [-0.39, 0.29) is 17.2 Å². The van der Waals surface area contributed by atoms with Crippen molar-refractivity contribution in [2.24, 2.45) is 0 Å². The second-order valence-corrected chi connectivity index (χ2v) is 4.61. The van der Waals surface area contributed by atoms with E-state index in [9.17, 15) is 15.3 Å². The Balaban J connectivity index is 2.69. The molecule has 0 bridgehead atoms.